The van der Waals surface area contributed by atoms with Crippen molar-refractivity contribution in [2.75, 3.05) is 0 Å². The zero-order chi connectivity index (χ0) is 22.0. The van der Waals surface area contributed by atoms with Crippen LogP contribution in [-0.2, 0) is 16.2 Å². The molecule has 7 nitrogen and oxygen atoms in total. The molecular weight excluding hydrogens is 394 g/mol. The Labute approximate surface area is 180 Å². The van der Waals surface area contributed by atoms with Gasteiger partial charge in [0.05, 0.1) is 23.2 Å². The quantitative estimate of drug-likeness (QED) is 0.603. The summed E-state index contributed by atoms with van der Waals surface area (Å²) in [5, 5.41) is 14.2. The van der Waals surface area contributed by atoms with Crippen LogP contribution in [0.3, 0.4) is 0 Å². The number of carboxylic acids is 1. The number of fused-ring (bicyclic) bond motifs is 1. The van der Waals surface area contributed by atoms with Gasteiger partial charge in [-0.3, -0.25) is 9.78 Å². The summed E-state index contributed by atoms with van der Waals surface area (Å²) < 4.78 is 6.01. The summed E-state index contributed by atoms with van der Waals surface area (Å²) in [5.41, 5.74) is 9.77. The number of carboxylic acid groups (broad SMARTS) is 1. The van der Waals surface area contributed by atoms with Crippen LogP contribution < -0.4 is 10.5 Å². The van der Waals surface area contributed by atoms with E-state index in [1.807, 2.05) is 61.5 Å². The van der Waals surface area contributed by atoms with Crippen molar-refractivity contribution in [1.82, 2.24) is 4.98 Å². The van der Waals surface area contributed by atoms with Gasteiger partial charge in [0.15, 0.2) is 6.10 Å². The van der Waals surface area contributed by atoms with Gasteiger partial charge in [0.1, 0.15) is 12.4 Å². The number of hydrogen-bond acceptors (Lipinski definition) is 6. The van der Waals surface area contributed by atoms with E-state index in [2.05, 4.69) is 10.1 Å². The topological polar surface area (TPSA) is 107 Å². The molecule has 0 saturated heterocycles. The van der Waals surface area contributed by atoms with E-state index in [-0.39, 0.29) is 6.42 Å². The van der Waals surface area contributed by atoms with Gasteiger partial charge in [0.25, 0.3) is 0 Å². The maximum atomic E-state index is 11.0. The molecule has 0 spiro atoms. The predicted octanol–water partition coefficient (Wildman–Crippen LogP) is 3.81. The molecule has 2 atom stereocenters. The van der Waals surface area contributed by atoms with Crippen LogP contribution in [0.25, 0.3) is 10.9 Å². The Bertz CT molecular complexity index is 1140. The van der Waals surface area contributed by atoms with E-state index < -0.39 is 17.6 Å². The average Bonchev–Trinajstić information content (AvgIpc) is 3.23. The minimum atomic E-state index is -0.994. The average molecular weight is 419 g/mol. The van der Waals surface area contributed by atoms with Crippen LogP contribution in [0.5, 0.6) is 5.75 Å². The number of ether oxygens (including phenoxy) is 1. The summed E-state index contributed by atoms with van der Waals surface area (Å²) >= 11 is 0. The van der Waals surface area contributed by atoms with Crippen LogP contribution in [-0.4, -0.2) is 33.4 Å². The molecule has 0 amide bonds. The second-order valence-electron chi connectivity index (χ2n) is 8.17. The normalized spacial score (nSPS) is 17.6. The van der Waals surface area contributed by atoms with Gasteiger partial charge in [-0.2, -0.15) is 0 Å². The summed E-state index contributed by atoms with van der Waals surface area (Å²) in [5.74, 6) is -0.214. The fraction of sp³-hybridized carbons (Fsp3) is 0.292. The standard InChI is InChI=1S/C24H25N3O4/c1-15-11-17(19-5-3-4-6-20(19)26-15)14-30-18-9-7-16(8-10-18)21-12-22(31-27-21)24(2,25)13-23(28)29/h3-11,22H,12-14,25H2,1-2H3,(H,28,29). The highest BCUT2D eigenvalue weighted by Gasteiger charge is 2.38. The van der Waals surface area contributed by atoms with Gasteiger partial charge >= 0.3 is 5.97 Å². The van der Waals surface area contributed by atoms with Crippen LogP contribution >= 0.6 is 0 Å². The van der Waals surface area contributed by atoms with E-state index in [4.69, 9.17) is 20.4 Å². The Kier molecular flexibility index (Phi) is 5.61. The van der Waals surface area contributed by atoms with Gasteiger partial charge in [-0.1, -0.05) is 23.4 Å². The molecule has 0 saturated carbocycles. The molecule has 2 unspecified atom stereocenters. The molecule has 160 valence electrons. The van der Waals surface area contributed by atoms with Gasteiger partial charge in [-0.25, -0.2) is 0 Å². The molecule has 2 heterocycles. The number of nitrogens with two attached hydrogens (primary N) is 1. The number of aromatic nitrogens is 1. The molecule has 7 heteroatoms. The maximum Gasteiger partial charge on any atom is 0.305 e. The van der Waals surface area contributed by atoms with E-state index in [0.717, 1.165) is 39.2 Å². The first-order valence-corrected chi connectivity index (χ1v) is 10.1. The summed E-state index contributed by atoms with van der Waals surface area (Å²) in [4.78, 5) is 21.0. The van der Waals surface area contributed by atoms with Crippen LogP contribution in [0.15, 0.2) is 59.8 Å². The van der Waals surface area contributed by atoms with Crippen LogP contribution in [0.1, 0.15) is 36.6 Å². The first-order chi connectivity index (χ1) is 14.8. The van der Waals surface area contributed by atoms with Crippen molar-refractivity contribution in [2.24, 2.45) is 10.9 Å². The first kappa shape index (κ1) is 20.8. The highest BCUT2D eigenvalue weighted by molar-refractivity contribution is 6.01. The third-order valence-electron chi connectivity index (χ3n) is 5.45. The molecule has 3 N–H and O–H groups in total. The molecule has 0 fully saturated rings. The van der Waals surface area contributed by atoms with Gasteiger partial charge < -0.3 is 20.4 Å². The summed E-state index contributed by atoms with van der Waals surface area (Å²) in [6.45, 7) is 4.09. The van der Waals surface area contributed by atoms with Crippen molar-refractivity contribution in [1.29, 1.82) is 0 Å². The monoisotopic (exact) mass is 419 g/mol. The van der Waals surface area contributed by atoms with Crippen molar-refractivity contribution in [3.05, 3.63) is 71.4 Å². The number of oxime groups is 1. The molecule has 3 aromatic rings. The van der Waals surface area contributed by atoms with Crippen molar-refractivity contribution < 1.29 is 19.5 Å². The number of aryl methyl sites for hydroxylation is 1. The molecule has 4 rings (SSSR count). The Morgan fingerprint density at radius 1 is 1.26 bits per heavy atom. The lowest BCUT2D eigenvalue weighted by Gasteiger charge is -2.27. The van der Waals surface area contributed by atoms with Gasteiger partial charge in [-0.05, 0) is 55.8 Å². The maximum absolute atomic E-state index is 11.0. The number of para-hydroxylation sites is 1. The van der Waals surface area contributed by atoms with Gasteiger partial charge in [0.2, 0.25) is 0 Å². The highest BCUT2D eigenvalue weighted by atomic mass is 16.6. The number of aliphatic carboxylic acids is 1. The Balaban J connectivity index is 1.41. The van der Waals surface area contributed by atoms with Crippen molar-refractivity contribution in [3.63, 3.8) is 0 Å². The predicted molar refractivity (Wildman–Crippen MR) is 118 cm³/mol. The molecule has 2 aromatic carbocycles. The number of rotatable bonds is 7. The van der Waals surface area contributed by atoms with E-state index >= 15 is 0 Å². The van der Waals surface area contributed by atoms with Crippen molar-refractivity contribution in [2.45, 2.75) is 44.9 Å². The zero-order valence-corrected chi connectivity index (χ0v) is 17.5. The fourth-order valence-corrected chi connectivity index (χ4v) is 3.76. The third-order valence-corrected chi connectivity index (χ3v) is 5.45. The van der Waals surface area contributed by atoms with E-state index in [1.54, 1.807) is 6.92 Å². The van der Waals surface area contributed by atoms with Crippen LogP contribution in [0, 0.1) is 6.92 Å². The molecule has 1 aromatic heterocycles. The van der Waals surface area contributed by atoms with Crippen molar-refractivity contribution >= 4 is 22.6 Å². The molecule has 31 heavy (non-hydrogen) atoms. The highest BCUT2D eigenvalue weighted by Crippen LogP contribution is 2.27. The Morgan fingerprint density at radius 3 is 2.74 bits per heavy atom. The summed E-state index contributed by atoms with van der Waals surface area (Å²) in [6, 6.07) is 17.7. The molecule has 0 aliphatic carbocycles. The van der Waals surface area contributed by atoms with Gasteiger partial charge in [0, 0.05) is 23.1 Å². The number of nitrogens with zero attached hydrogens (tertiary/aromatic N) is 2. The summed E-state index contributed by atoms with van der Waals surface area (Å²) in [6.07, 6.45) is -0.197. The fourth-order valence-electron chi connectivity index (χ4n) is 3.76. The number of benzene rings is 2. The third kappa shape index (κ3) is 4.67. The molecule has 0 radical (unpaired) electrons. The van der Waals surface area contributed by atoms with Crippen LogP contribution in [0.2, 0.25) is 0 Å². The Hall–Kier alpha value is -3.45. The van der Waals surface area contributed by atoms with E-state index in [1.165, 1.54) is 0 Å². The minimum absolute atomic E-state index is 0.184. The molecule has 1 aliphatic heterocycles. The minimum Gasteiger partial charge on any atom is -0.489 e. The lowest BCUT2D eigenvalue weighted by molar-refractivity contribution is -0.139. The lowest BCUT2D eigenvalue weighted by Crippen LogP contribution is -2.49. The summed E-state index contributed by atoms with van der Waals surface area (Å²) in [7, 11) is 0. The largest absolute Gasteiger partial charge is 0.489 e. The zero-order valence-electron chi connectivity index (χ0n) is 17.5. The lowest BCUT2D eigenvalue weighted by atomic mass is 9.88. The van der Waals surface area contributed by atoms with Gasteiger partial charge in [-0.15, -0.1) is 0 Å². The smallest absolute Gasteiger partial charge is 0.305 e. The van der Waals surface area contributed by atoms with Crippen LogP contribution in [0.4, 0.5) is 0 Å². The first-order valence-electron chi connectivity index (χ1n) is 10.1. The molecular formula is C24H25N3O4. The van der Waals surface area contributed by atoms with Crippen molar-refractivity contribution in [3.8, 4) is 5.75 Å². The van der Waals surface area contributed by atoms with E-state index in [0.29, 0.717) is 13.0 Å². The SMILES string of the molecule is Cc1cc(COc2ccc(C3=NOC(C(C)(N)CC(=O)O)C3)cc2)c2ccccc2n1. The second-order valence-corrected chi connectivity index (χ2v) is 8.17. The number of pyridine rings is 1. The second kappa shape index (κ2) is 8.35. The van der Waals surface area contributed by atoms with E-state index in [9.17, 15) is 4.79 Å². The number of hydrogen-bond donors (Lipinski definition) is 2. The number of carbonyl (C=O) groups is 1. The molecule has 0 bridgehead atoms. The molecule has 1 aliphatic rings. The Morgan fingerprint density at radius 2 is 2.00 bits per heavy atom.